The van der Waals surface area contributed by atoms with Gasteiger partial charge in [0.05, 0.1) is 6.61 Å². The van der Waals surface area contributed by atoms with Crippen LogP contribution in [-0.2, 0) is 9.53 Å². The molecule has 1 atom stereocenters. The zero-order valence-corrected chi connectivity index (χ0v) is 14.1. The molecule has 0 amide bonds. The molecule has 0 fully saturated rings. The molecule has 20 heavy (non-hydrogen) atoms. The predicted octanol–water partition coefficient (Wildman–Crippen LogP) is 2.82. The molecule has 0 aromatic carbocycles. The Labute approximate surface area is 125 Å². The first-order valence-electron chi connectivity index (χ1n) is 8.12. The molecule has 1 unspecified atom stereocenters. The highest BCUT2D eigenvalue weighted by Gasteiger charge is 2.32. The molecule has 1 N–H and O–H groups in total. The second-order valence-corrected chi connectivity index (χ2v) is 5.60. The molecule has 4 nitrogen and oxygen atoms in total. The lowest BCUT2D eigenvalue weighted by atomic mass is 9.95. The van der Waals surface area contributed by atoms with Gasteiger partial charge in [-0.25, -0.2) is 0 Å². The van der Waals surface area contributed by atoms with Gasteiger partial charge in [0, 0.05) is 0 Å². The van der Waals surface area contributed by atoms with Gasteiger partial charge in [-0.15, -0.1) is 0 Å². The first-order valence-corrected chi connectivity index (χ1v) is 8.12. The largest absolute Gasteiger partial charge is 0.465 e. The average molecular weight is 286 g/mol. The lowest BCUT2D eigenvalue weighted by Gasteiger charge is -2.27. The number of unbranched alkanes of at least 4 members (excludes halogenated alkanes) is 1. The van der Waals surface area contributed by atoms with E-state index in [1.807, 2.05) is 20.9 Å². The van der Waals surface area contributed by atoms with Crippen LogP contribution in [0.2, 0.25) is 0 Å². The van der Waals surface area contributed by atoms with Crippen LogP contribution in [0.15, 0.2) is 0 Å². The summed E-state index contributed by atoms with van der Waals surface area (Å²) in [5.74, 6) is -0.138. The Balaban J connectivity index is 4.08. The molecular formula is C16H34N2O2. The van der Waals surface area contributed by atoms with E-state index in [-0.39, 0.29) is 5.97 Å². The van der Waals surface area contributed by atoms with Crippen molar-refractivity contribution in [3.63, 3.8) is 0 Å². The molecule has 0 saturated carbocycles. The van der Waals surface area contributed by atoms with Crippen LogP contribution in [0.1, 0.15) is 59.8 Å². The van der Waals surface area contributed by atoms with Gasteiger partial charge in [-0.1, -0.05) is 13.8 Å². The normalized spacial score (nSPS) is 14.3. The quantitative estimate of drug-likeness (QED) is 0.442. The van der Waals surface area contributed by atoms with Gasteiger partial charge in [0.2, 0.25) is 0 Å². The van der Waals surface area contributed by atoms with E-state index in [0.29, 0.717) is 6.61 Å². The molecule has 120 valence electrons. The average Bonchev–Trinajstić information content (AvgIpc) is 2.44. The van der Waals surface area contributed by atoms with E-state index in [0.717, 1.165) is 25.8 Å². The highest BCUT2D eigenvalue weighted by atomic mass is 16.5. The molecular weight excluding hydrogens is 252 g/mol. The smallest absolute Gasteiger partial charge is 0.326 e. The maximum absolute atomic E-state index is 11.9. The van der Waals surface area contributed by atoms with Gasteiger partial charge in [-0.2, -0.15) is 0 Å². The monoisotopic (exact) mass is 286 g/mol. The topological polar surface area (TPSA) is 41.6 Å². The molecule has 0 aliphatic heterocycles. The fourth-order valence-corrected chi connectivity index (χ4v) is 2.40. The highest BCUT2D eigenvalue weighted by Crippen LogP contribution is 2.16. The number of rotatable bonds is 12. The molecule has 0 radical (unpaired) electrons. The van der Waals surface area contributed by atoms with Crippen LogP contribution in [-0.4, -0.2) is 49.7 Å². The molecule has 0 bridgehead atoms. The van der Waals surface area contributed by atoms with Crippen LogP contribution in [0.25, 0.3) is 0 Å². The standard InChI is InChI=1S/C16H34N2O2/c1-6-12-18(13-7-2)14-10-9-11-16(4,17-5)15(19)20-8-3/h17H,6-14H2,1-5H3. The molecule has 0 rings (SSSR count). The number of ether oxygens (including phenoxy) is 1. The van der Waals surface area contributed by atoms with E-state index in [1.165, 1.54) is 25.9 Å². The van der Waals surface area contributed by atoms with E-state index in [9.17, 15) is 4.79 Å². The Morgan fingerprint density at radius 1 is 1.10 bits per heavy atom. The minimum atomic E-state index is -0.545. The van der Waals surface area contributed by atoms with E-state index >= 15 is 0 Å². The van der Waals surface area contributed by atoms with Crippen molar-refractivity contribution in [1.82, 2.24) is 10.2 Å². The Morgan fingerprint density at radius 3 is 2.15 bits per heavy atom. The summed E-state index contributed by atoms with van der Waals surface area (Å²) >= 11 is 0. The summed E-state index contributed by atoms with van der Waals surface area (Å²) in [6, 6.07) is 0. The van der Waals surface area contributed by atoms with Crippen molar-refractivity contribution < 1.29 is 9.53 Å². The maximum Gasteiger partial charge on any atom is 0.326 e. The maximum atomic E-state index is 11.9. The van der Waals surface area contributed by atoms with E-state index in [1.54, 1.807) is 0 Å². The number of carbonyl (C=O) groups is 1. The second-order valence-electron chi connectivity index (χ2n) is 5.60. The number of nitrogens with one attached hydrogen (secondary N) is 1. The Morgan fingerprint density at radius 2 is 1.70 bits per heavy atom. The van der Waals surface area contributed by atoms with Crippen molar-refractivity contribution in [1.29, 1.82) is 0 Å². The third-order valence-corrected chi connectivity index (χ3v) is 3.76. The summed E-state index contributed by atoms with van der Waals surface area (Å²) in [5.41, 5.74) is -0.545. The first-order chi connectivity index (χ1) is 9.53. The molecule has 0 heterocycles. The lowest BCUT2D eigenvalue weighted by Crippen LogP contribution is -2.48. The summed E-state index contributed by atoms with van der Waals surface area (Å²) in [7, 11) is 1.83. The van der Waals surface area contributed by atoms with Crippen LogP contribution in [0.4, 0.5) is 0 Å². The van der Waals surface area contributed by atoms with Crippen molar-refractivity contribution in [2.75, 3.05) is 33.3 Å². The molecule has 0 aromatic rings. The lowest BCUT2D eigenvalue weighted by molar-refractivity contribution is -0.150. The summed E-state index contributed by atoms with van der Waals surface area (Å²) in [4.78, 5) is 14.4. The van der Waals surface area contributed by atoms with Gasteiger partial charge in [0.15, 0.2) is 0 Å². The van der Waals surface area contributed by atoms with Crippen LogP contribution in [0.3, 0.4) is 0 Å². The zero-order chi connectivity index (χ0) is 15.4. The minimum absolute atomic E-state index is 0.138. The number of hydrogen-bond acceptors (Lipinski definition) is 4. The van der Waals surface area contributed by atoms with Crippen molar-refractivity contribution in [2.45, 2.75) is 65.3 Å². The molecule has 0 spiro atoms. The van der Waals surface area contributed by atoms with Crippen molar-refractivity contribution in [3.8, 4) is 0 Å². The van der Waals surface area contributed by atoms with Crippen molar-refractivity contribution in [2.24, 2.45) is 0 Å². The number of esters is 1. The third kappa shape index (κ3) is 7.25. The van der Waals surface area contributed by atoms with Crippen LogP contribution in [0.5, 0.6) is 0 Å². The molecule has 0 aromatic heterocycles. The van der Waals surface area contributed by atoms with Gasteiger partial charge < -0.3 is 15.0 Å². The fourth-order valence-electron chi connectivity index (χ4n) is 2.40. The summed E-state index contributed by atoms with van der Waals surface area (Å²) < 4.78 is 5.14. The summed E-state index contributed by atoms with van der Waals surface area (Å²) in [6.07, 6.45) is 5.42. The molecule has 4 heteroatoms. The molecule has 0 saturated heterocycles. The fraction of sp³-hybridized carbons (Fsp3) is 0.938. The van der Waals surface area contributed by atoms with Crippen molar-refractivity contribution in [3.05, 3.63) is 0 Å². The SMILES string of the molecule is CCCN(CCC)CCCCC(C)(NC)C(=O)OCC. The highest BCUT2D eigenvalue weighted by molar-refractivity contribution is 5.80. The van der Waals surface area contributed by atoms with Crippen LogP contribution in [0, 0.1) is 0 Å². The van der Waals surface area contributed by atoms with Crippen LogP contribution >= 0.6 is 0 Å². The Hall–Kier alpha value is -0.610. The predicted molar refractivity (Wildman–Crippen MR) is 85.0 cm³/mol. The number of carbonyl (C=O) groups excluding carboxylic acids is 1. The number of nitrogens with zero attached hydrogens (tertiary/aromatic N) is 1. The molecule has 0 aliphatic rings. The second kappa shape index (κ2) is 11.1. The summed E-state index contributed by atoms with van der Waals surface area (Å²) in [5, 5.41) is 3.11. The first kappa shape index (κ1) is 19.4. The minimum Gasteiger partial charge on any atom is -0.465 e. The number of hydrogen-bond donors (Lipinski definition) is 1. The van der Waals surface area contributed by atoms with Gasteiger partial charge >= 0.3 is 5.97 Å². The van der Waals surface area contributed by atoms with E-state index in [2.05, 4.69) is 24.1 Å². The van der Waals surface area contributed by atoms with E-state index in [4.69, 9.17) is 4.74 Å². The van der Waals surface area contributed by atoms with Gasteiger partial charge in [0.25, 0.3) is 0 Å². The Kier molecular flexibility index (Phi) is 10.8. The van der Waals surface area contributed by atoms with E-state index < -0.39 is 5.54 Å². The summed E-state index contributed by atoms with van der Waals surface area (Å²) in [6.45, 7) is 12.1. The molecule has 0 aliphatic carbocycles. The van der Waals surface area contributed by atoms with Gasteiger partial charge in [-0.3, -0.25) is 4.79 Å². The Bertz CT molecular complexity index is 253. The van der Waals surface area contributed by atoms with Crippen molar-refractivity contribution >= 4 is 5.97 Å². The zero-order valence-electron chi connectivity index (χ0n) is 14.1. The van der Waals surface area contributed by atoms with Crippen LogP contribution < -0.4 is 5.32 Å². The van der Waals surface area contributed by atoms with Gasteiger partial charge in [-0.05, 0) is 72.6 Å². The van der Waals surface area contributed by atoms with Gasteiger partial charge in [0.1, 0.15) is 5.54 Å². The third-order valence-electron chi connectivity index (χ3n) is 3.76. The number of likely N-dealkylation sites (N-methyl/N-ethyl adjacent to an activating group) is 1.